The van der Waals surface area contributed by atoms with E-state index in [1.54, 1.807) is 20.3 Å². The maximum atomic E-state index is 5.14. The second-order valence-corrected chi connectivity index (χ2v) is 4.27. The summed E-state index contributed by atoms with van der Waals surface area (Å²) in [6.45, 7) is 2.18. The predicted molar refractivity (Wildman–Crippen MR) is 64.4 cm³/mol. The van der Waals surface area contributed by atoms with Gasteiger partial charge in [-0.05, 0) is 31.8 Å². The molecule has 17 heavy (non-hydrogen) atoms. The quantitative estimate of drug-likeness (QED) is 0.847. The van der Waals surface area contributed by atoms with Gasteiger partial charge in [0.1, 0.15) is 5.82 Å². The zero-order valence-electron chi connectivity index (χ0n) is 10.4. The van der Waals surface area contributed by atoms with E-state index in [1.165, 1.54) is 12.8 Å². The molecule has 0 aliphatic carbocycles. The van der Waals surface area contributed by atoms with Crippen molar-refractivity contribution >= 4 is 0 Å². The summed E-state index contributed by atoms with van der Waals surface area (Å²) >= 11 is 0. The lowest BCUT2D eigenvalue weighted by Gasteiger charge is -2.21. The topological polar surface area (TPSA) is 56.3 Å². The van der Waals surface area contributed by atoms with Gasteiger partial charge in [0.2, 0.25) is 11.8 Å². The molecule has 0 spiro atoms. The van der Waals surface area contributed by atoms with Gasteiger partial charge in [-0.1, -0.05) is 0 Å². The Morgan fingerprint density at radius 2 is 1.76 bits per heavy atom. The van der Waals surface area contributed by atoms with E-state index in [9.17, 15) is 0 Å². The van der Waals surface area contributed by atoms with Crippen LogP contribution in [0.15, 0.2) is 6.07 Å². The van der Waals surface area contributed by atoms with Crippen molar-refractivity contribution in [2.75, 3.05) is 27.3 Å². The van der Waals surface area contributed by atoms with Gasteiger partial charge in [-0.3, -0.25) is 0 Å². The summed E-state index contributed by atoms with van der Waals surface area (Å²) in [5.74, 6) is 2.61. The van der Waals surface area contributed by atoms with Crippen molar-refractivity contribution in [3.05, 3.63) is 11.9 Å². The van der Waals surface area contributed by atoms with Crippen LogP contribution in [0.4, 0.5) is 0 Å². The molecule has 2 rings (SSSR count). The fourth-order valence-corrected chi connectivity index (χ4v) is 2.09. The van der Waals surface area contributed by atoms with E-state index >= 15 is 0 Å². The normalized spacial score (nSPS) is 16.8. The molecule has 0 aromatic carbocycles. The van der Waals surface area contributed by atoms with E-state index in [0.29, 0.717) is 17.7 Å². The van der Waals surface area contributed by atoms with Gasteiger partial charge in [0, 0.05) is 6.42 Å². The van der Waals surface area contributed by atoms with Crippen LogP contribution in [0.25, 0.3) is 0 Å². The lowest BCUT2D eigenvalue weighted by molar-refractivity contribution is 0.348. The van der Waals surface area contributed by atoms with Crippen LogP contribution in [0.5, 0.6) is 11.8 Å². The molecule has 0 radical (unpaired) electrons. The average Bonchev–Trinajstić information content (AvgIpc) is 2.39. The number of hydrogen-bond donors (Lipinski definition) is 1. The second kappa shape index (κ2) is 5.82. The number of hydrogen-bond acceptors (Lipinski definition) is 5. The molecule has 1 saturated heterocycles. The fraction of sp³-hybridized carbons (Fsp3) is 0.667. The van der Waals surface area contributed by atoms with Gasteiger partial charge in [0.05, 0.1) is 20.3 Å². The largest absolute Gasteiger partial charge is 0.481 e. The monoisotopic (exact) mass is 237 g/mol. The minimum Gasteiger partial charge on any atom is -0.481 e. The van der Waals surface area contributed by atoms with Crippen molar-refractivity contribution in [2.24, 2.45) is 5.92 Å². The van der Waals surface area contributed by atoms with Gasteiger partial charge in [0.15, 0.2) is 0 Å². The first-order chi connectivity index (χ1) is 8.31. The Kier molecular flexibility index (Phi) is 4.14. The molecule has 1 aliphatic heterocycles. The second-order valence-electron chi connectivity index (χ2n) is 4.27. The SMILES string of the molecule is COc1cc(OC)nc(CC2CCNCC2)n1. The van der Waals surface area contributed by atoms with Crippen molar-refractivity contribution in [1.29, 1.82) is 0 Å². The summed E-state index contributed by atoms with van der Waals surface area (Å²) < 4.78 is 10.3. The molecule has 0 amide bonds. The molecule has 0 saturated carbocycles. The van der Waals surface area contributed by atoms with E-state index in [2.05, 4.69) is 15.3 Å². The Morgan fingerprint density at radius 3 is 2.29 bits per heavy atom. The van der Waals surface area contributed by atoms with Gasteiger partial charge >= 0.3 is 0 Å². The summed E-state index contributed by atoms with van der Waals surface area (Å²) in [5.41, 5.74) is 0. The van der Waals surface area contributed by atoms with Crippen LogP contribution in [0.3, 0.4) is 0 Å². The maximum absolute atomic E-state index is 5.14. The fourth-order valence-electron chi connectivity index (χ4n) is 2.09. The smallest absolute Gasteiger partial charge is 0.220 e. The molecule has 94 valence electrons. The van der Waals surface area contributed by atoms with Crippen LogP contribution in [0.1, 0.15) is 18.7 Å². The van der Waals surface area contributed by atoms with E-state index in [-0.39, 0.29) is 0 Å². The van der Waals surface area contributed by atoms with Crippen molar-refractivity contribution in [2.45, 2.75) is 19.3 Å². The molecule has 1 aromatic heterocycles. The highest BCUT2D eigenvalue weighted by atomic mass is 16.5. The Morgan fingerprint density at radius 1 is 1.18 bits per heavy atom. The zero-order valence-corrected chi connectivity index (χ0v) is 10.4. The number of rotatable bonds is 4. The maximum Gasteiger partial charge on any atom is 0.220 e. The Labute approximate surface area is 102 Å². The number of aromatic nitrogens is 2. The number of nitrogens with one attached hydrogen (secondary N) is 1. The van der Waals surface area contributed by atoms with Crippen molar-refractivity contribution in [1.82, 2.24) is 15.3 Å². The number of methoxy groups -OCH3 is 2. The summed E-state index contributed by atoms with van der Waals surface area (Å²) in [7, 11) is 3.21. The highest BCUT2D eigenvalue weighted by molar-refractivity contribution is 5.21. The minimum atomic E-state index is 0.570. The summed E-state index contributed by atoms with van der Waals surface area (Å²) in [6.07, 6.45) is 3.26. The lowest BCUT2D eigenvalue weighted by Crippen LogP contribution is -2.29. The highest BCUT2D eigenvalue weighted by Gasteiger charge is 2.16. The molecule has 0 bridgehead atoms. The lowest BCUT2D eigenvalue weighted by atomic mass is 9.94. The van der Waals surface area contributed by atoms with E-state index < -0.39 is 0 Å². The summed E-state index contributed by atoms with van der Waals surface area (Å²) in [6, 6.07) is 1.70. The third-order valence-electron chi connectivity index (χ3n) is 3.07. The third kappa shape index (κ3) is 3.30. The van der Waals surface area contributed by atoms with Gasteiger partial charge in [0.25, 0.3) is 0 Å². The molecular weight excluding hydrogens is 218 g/mol. The highest BCUT2D eigenvalue weighted by Crippen LogP contribution is 2.20. The zero-order chi connectivity index (χ0) is 12.1. The first kappa shape index (κ1) is 12.1. The van der Waals surface area contributed by atoms with Crippen LogP contribution in [-0.2, 0) is 6.42 Å². The average molecular weight is 237 g/mol. The Bertz CT molecular complexity index is 343. The van der Waals surface area contributed by atoms with Gasteiger partial charge in [-0.2, -0.15) is 9.97 Å². The number of nitrogens with zero attached hydrogens (tertiary/aromatic N) is 2. The number of piperidine rings is 1. The number of ether oxygens (including phenoxy) is 2. The molecule has 1 aliphatic rings. The molecule has 5 heteroatoms. The molecule has 1 N–H and O–H groups in total. The van der Waals surface area contributed by atoms with Crippen LogP contribution >= 0.6 is 0 Å². The molecule has 0 unspecified atom stereocenters. The van der Waals surface area contributed by atoms with E-state index in [1.807, 2.05) is 0 Å². The minimum absolute atomic E-state index is 0.570. The Hall–Kier alpha value is -1.36. The van der Waals surface area contributed by atoms with Crippen LogP contribution < -0.4 is 14.8 Å². The van der Waals surface area contributed by atoms with Crippen LogP contribution in [0, 0.1) is 5.92 Å². The van der Waals surface area contributed by atoms with Gasteiger partial charge in [-0.15, -0.1) is 0 Å². The summed E-state index contributed by atoms with van der Waals surface area (Å²) in [4.78, 5) is 8.72. The van der Waals surface area contributed by atoms with Crippen molar-refractivity contribution in [3.8, 4) is 11.8 Å². The third-order valence-corrected chi connectivity index (χ3v) is 3.07. The molecule has 2 heterocycles. The standard InChI is InChI=1S/C12H19N3O2/c1-16-11-8-12(17-2)15-10(14-11)7-9-3-5-13-6-4-9/h8-9,13H,3-7H2,1-2H3. The van der Waals surface area contributed by atoms with Crippen LogP contribution in [-0.4, -0.2) is 37.3 Å². The molecule has 1 aromatic rings. The predicted octanol–water partition coefficient (Wildman–Crippen LogP) is 1.04. The van der Waals surface area contributed by atoms with Gasteiger partial charge < -0.3 is 14.8 Å². The van der Waals surface area contributed by atoms with Crippen molar-refractivity contribution in [3.63, 3.8) is 0 Å². The van der Waals surface area contributed by atoms with Gasteiger partial charge in [-0.25, -0.2) is 0 Å². The molecule has 1 fully saturated rings. The molecule has 0 atom stereocenters. The first-order valence-electron chi connectivity index (χ1n) is 5.98. The first-order valence-corrected chi connectivity index (χ1v) is 5.98. The molecule has 5 nitrogen and oxygen atoms in total. The molecular formula is C12H19N3O2. The summed E-state index contributed by atoms with van der Waals surface area (Å²) in [5, 5.41) is 3.36. The Balaban J connectivity index is 2.07. The van der Waals surface area contributed by atoms with Crippen molar-refractivity contribution < 1.29 is 9.47 Å². The van der Waals surface area contributed by atoms with E-state index in [4.69, 9.17) is 9.47 Å². The van der Waals surface area contributed by atoms with Crippen LogP contribution in [0.2, 0.25) is 0 Å². The van der Waals surface area contributed by atoms with E-state index in [0.717, 1.165) is 25.3 Å².